The highest BCUT2D eigenvalue weighted by Crippen LogP contribution is 2.72. The van der Waals surface area contributed by atoms with Gasteiger partial charge >= 0.3 is 12.2 Å². The van der Waals surface area contributed by atoms with E-state index in [-0.39, 0.29) is 18.3 Å². The predicted octanol–water partition coefficient (Wildman–Crippen LogP) is 14.6. The van der Waals surface area contributed by atoms with E-state index in [1.54, 1.807) is 0 Å². The van der Waals surface area contributed by atoms with Gasteiger partial charge in [-0.05, 0) is 259 Å². The number of amides is 2. The molecule has 2 amide bonds. The summed E-state index contributed by atoms with van der Waals surface area (Å²) in [6.45, 7) is 20.4. The molecule has 0 aromatic carbocycles. The van der Waals surface area contributed by atoms with Crippen molar-refractivity contribution in [1.82, 2.24) is 9.80 Å². The van der Waals surface area contributed by atoms with Crippen LogP contribution in [0.3, 0.4) is 0 Å². The van der Waals surface area contributed by atoms with Crippen LogP contribution >= 0.6 is 0 Å². The van der Waals surface area contributed by atoms with Crippen LogP contribution in [-0.4, -0.2) is 84.8 Å². The van der Waals surface area contributed by atoms with E-state index < -0.39 is 0 Å². The van der Waals surface area contributed by atoms with Crippen molar-refractivity contribution < 1.29 is 29.3 Å². The number of carbonyl (C=O) groups excluding carboxylic acids is 2. The van der Waals surface area contributed by atoms with Crippen LogP contribution in [0.4, 0.5) is 9.59 Å². The molecule has 19 atom stereocenters. The molecule has 400 valence electrons. The van der Waals surface area contributed by atoms with Gasteiger partial charge in [-0.2, -0.15) is 0 Å². The van der Waals surface area contributed by atoms with Crippen molar-refractivity contribution in [3.8, 4) is 0 Å². The van der Waals surface area contributed by atoms with Gasteiger partial charge in [-0.1, -0.05) is 67.2 Å². The summed E-state index contributed by atoms with van der Waals surface area (Å²) >= 11 is 0. The Hall–Kier alpha value is -1.54. The topological polar surface area (TPSA) is 99.5 Å². The Balaban J connectivity index is 0.00000300. The first-order chi connectivity index (χ1) is 33.8. The number of nitrogens with zero attached hydrogens (tertiary/aromatic N) is 2. The molecular formula is C62H106N2O6. The molecule has 2 N–H and O–H groups in total. The zero-order valence-corrected chi connectivity index (χ0v) is 46.1. The lowest BCUT2D eigenvalue weighted by Crippen LogP contribution is -2.57. The number of carbonyl (C=O) groups is 2. The van der Waals surface area contributed by atoms with Crippen molar-refractivity contribution in [2.45, 2.75) is 227 Å². The van der Waals surface area contributed by atoms with Crippen molar-refractivity contribution in [3.05, 3.63) is 0 Å². The van der Waals surface area contributed by atoms with Crippen LogP contribution in [0.2, 0.25) is 0 Å². The average Bonchev–Trinajstić information content (AvgIpc) is 4.19. The predicted molar refractivity (Wildman–Crippen MR) is 282 cm³/mol. The lowest BCUT2D eigenvalue weighted by atomic mass is 9.42. The largest absolute Gasteiger partial charge is 0.449 e. The van der Waals surface area contributed by atoms with Gasteiger partial charge in [0.2, 0.25) is 0 Å². The first-order valence-electron chi connectivity index (χ1n) is 30.8. The standard InChI is InChI=1S/C61H102N2O5.CH4O/c1-7-14-41-26-34-63(40-41)57(66)68-36-27-43(50-21-22-52-47-37-42(8-2)55-39-46(64)23-29-61(55,6)54(47)25-31-60(50,52)5)17-18-44-38-48-51-20-19-45(15-13-35-67-56(65)62-32-11-12-33-62)58(51,3)30-24-53(48)59(4)28-10-9-16-49(44)59;1-2/h41-55,64H,7-40H2,1-6H3;2H,1H3/t41?,42-,43+,44-,45?,46+,47?,48?,49?,50+,51?,52?,53-,54-,55?,58?,59?,60?,61?;/m0./s1. The van der Waals surface area contributed by atoms with Crippen LogP contribution in [0.5, 0.6) is 0 Å². The number of aliphatic hydroxyl groups excluding tert-OH is 2. The van der Waals surface area contributed by atoms with Crippen LogP contribution in [0.25, 0.3) is 0 Å². The van der Waals surface area contributed by atoms with E-state index >= 15 is 0 Å². The molecule has 12 unspecified atom stereocenters. The second-order valence-corrected chi connectivity index (χ2v) is 27.7. The average molecular weight is 976 g/mol. The quantitative estimate of drug-likeness (QED) is 0.168. The highest BCUT2D eigenvalue weighted by molar-refractivity contribution is 5.68. The number of hydrogen-bond acceptors (Lipinski definition) is 6. The van der Waals surface area contributed by atoms with E-state index in [9.17, 15) is 14.7 Å². The second-order valence-electron chi connectivity index (χ2n) is 27.7. The molecule has 8 heteroatoms. The smallest absolute Gasteiger partial charge is 0.409 e. The fourth-order valence-corrected chi connectivity index (χ4v) is 21.7. The number of likely N-dealkylation sites (tertiary alicyclic amines) is 2. The summed E-state index contributed by atoms with van der Waals surface area (Å²) in [6.07, 6.45) is 35.9. The van der Waals surface area contributed by atoms with Gasteiger partial charge in [-0.3, -0.25) is 0 Å². The van der Waals surface area contributed by atoms with Gasteiger partial charge in [-0.25, -0.2) is 9.59 Å². The zero-order chi connectivity index (χ0) is 49.4. The molecule has 0 aromatic heterocycles. The summed E-state index contributed by atoms with van der Waals surface area (Å²) in [6, 6.07) is 0. The molecule has 0 bridgehead atoms. The number of aliphatic hydroxyl groups is 2. The van der Waals surface area contributed by atoms with E-state index in [2.05, 4.69) is 41.5 Å². The van der Waals surface area contributed by atoms with Crippen LogP contribution in [0, 0.1) is 105 Å². The molecular weight excluding hydrogens is 869 g/mol. The second kappa shape index (κ2) is 22.4. The Morgan fingerprint density at radius 3 is 1.96 bits per heavy atom. The van der Waals surface area contributed by atoms with E-state index in [1.807, 2.05) is 9.80 Å². The van der Waals surface area contributed by atoms with Gasteiger partial charge in [0.25, 0.3) is 0 Å². The summed E-state index contributed by atoms with van der Waals surface area (Å²) in [5, 5.41) is 17.9. The molecule has 0 radical (unpaired) electrons. The molecule has 0 spiro atoms. The van der Waals surface area contributed by atoms with Crippen LogP contribution in [0.1, 0.15) is 221 Å². The monoisotopic (exact) mass is 975 g/mol. The fraction of sp³-hybridized carbons (Fsp3) is 0.968. The van der Waals surface area contributed by atoms with Gasteiger partial charge in [0.1, 0.15) is 0 Å². The molecule has 2 aliphatic heterocycles. The Kier molecular flexibility index (Phi) is 17.0. The lowest BCUT2D eigenvalue weighted by Gasteiger charge is -2.63. The van der Waals surface area contributed by atoms with Gasteiger partial charge < -0.3 is 29.5 Å². The summed E-state index contributed by atoms with van der Waals surface area (Å²) in [7, 11) is 1.00. The first-order valence-corrected chi connectivity index (χ1v) is 30.8. The van der Waals surface area contributed by atoms with E-state index in [0.717, 1.165) is 143 Å². The van der Waals surface area contributed by atoms with Crippen molar-refractivity contribution in [3.63, 3.8) is 0 Å². The molecule has 8 aliphatic carbocycles. The van der Waals surface area contributed by atoms with Crippen molar-refractivity contribution in [1.29, 1.82) is 0 Å². The third-order valence-electron chi connectivity index (χ3n) is 25.1. The first kappa shape index (κ1) is 53.3. The molecule has 10 rings (SSSR count). The Labute approximate surface area is 428 Å². The SMILES string of the molecule is CCCC1CCN(C(=O)OCC[C@@H](CC[C@H]2CC3C4CCC(CCCOC(=O)N5CCCC5)C4(C)CC[C@@H]3C3(C)CCCCC23)[C@H]2CCC3C4C[C@H](CC)C5C[C@H](O)CCC5(C)[C@H]4CCC32C)C1.CO. The highest BCUT2D eigenvalue weighted by Gasteiger charge is 2.64. The summed E-state index contributed by atoms with van der Waals surface area (Å²) in [4.78, 5) is 30.3. The van der Waals surface area contributed by atoms with Crippen molar-refractivity contribution >= 4 is 12.2 Å². The molecule has 8 nitrogen and oxygen atoms in total. The van der Waals surface area contributed by atoms with Gasteiger partial charge in [0.05, 0.1) is 19.3 Å². The Morgan fingerprint density at radius 1 is 0.571 bits per heavy atom. The zero-order valence-electron chi connectivity index (χ0n) is 46.1. The van der Waals surface area contributed by atoms with Gasteiger partial charge in [0, 0.05) is 33.3 Å². The normalized spacial score (nSPS) is 45.5. The lowest BCUT2D eigenvalue weighted by molar-refractivity contribution is -0.153. The van der Waals surface area contributed by atoms with E-state index in [4.69, 9.17) is 14.6 Å². The molecule has 0 aromatic rings. The maximum Gasteiger partial charge on any atom is 0.409 e. The minimum atomic E-state index is -0.0884. The third-order valence-corrected chi connectivity index (χ3v) is 25.1. The Bertz CT molecular complexity index is 1740. The number of hydrogen-bond donors (Lipinski definition) is 2. The van der Waals surface area contributed by atoms with Crippen LogP contribution < -0.4 is 0 Å². The number of fused-ring (bicyclic) bond motifs is 10. The van der Waals surface area contributed by atoms with E-state index in [0.29, 0.717) is 52.6 Å². The minimum Gasteiger partial charge on any atom is -0.449 e. The van der Waals surface area contributed by atoms with Crippen LogP contribution in [0.15, 0.2) is 0 Å². The van der Waals surface area contributed by atoms with Gasteiger partial charge in [0.15, 0.2) is 0 Å². The summed E-state index contributed by atoms with van der Waals surface area (Å²) in [5.74, 6) is 11.0. The van der Waals surface area contributed by atoms with Crippen molar-refractivity contribution in [2.75, 3.05) is 46.5 Å². The third kappa shape index (κ3) is 9.92. The summed E-state index contributed by atoms with van der Waals surface area (Å²) in [5.41, 5.74) is 1.68. The fourth-order valence-electron chi connectivity index (χ4n) is 21.7. The number of rotatable bonds is 14. The maximum atomic E-state index is 13.7. The molecule has 10 aliphatic rings. The Morgan fingerprint density at radius 2 is 1.21 bits per heavy atom. The maximum absolute atomic E-state index is 13.7. The molecule has 8 saturated carbocycles. The molecule has 70 heavy (non-hydrogen) atoms. The van der Waals surface area contributed by atoms with Crippen LogP contribution in [-0.2, 0) is 9.47 Å². The minimum absolute atomic E-state index is 0.0406. The summed E-state index contributed by atoms with van der Waals surface area (Å²) < 4.78 is 12.2. The van der Waals surface area contributed by atoms with Gasteiger partial charge in [-0.15, -0.1) is 0 Å². The highest BCUT2D eigenvalue weighted by atomic mass is 16.6. The molecule has 2 heterocycles. The number of ether oxygens (including phenoxy) is 2. The molecule has 2 saturated heterocycles. The van der Waals surface area contributed by atoms with E-state index in [1.165, 1.54) is 135 Å². The van der Waals surface area contributed by atoms with Crippen molar-refractivity contribution in [2.24, 2.45) is 105 Å². The molecule has 10 fully saturated rings.